The van der Waals surface area contributed by atoms with Gasteiger partial charge in [0, 0.05) is 19.1 Å². The summed E-state index contributed by atoms with van der Waals surface area (Å²) < 4.78 is 38.8. The second-order valence-electron chi connectivity index (χ2n) is 6.36. The maximum absolute atomic E-state index is 13.2. The highest BCUT2D eigenvalue weighted by Gasteiger charge is 2.46. The Morgan fingerprint density at radius 1 is 1.21 bits per heavy atom. The van der Waals surface area contributed by atoms with E-state index in [9.17, 15) is 13.2 Å². The molecular formula is C16H20N2O5S. The number of hydrogen-bond acceptors (Lipinski definition) is 5. The molecule has 130 valence electrons. The van der Waals surface area contributed by atoms with Crippen molar-refractivity contribution >= 4 is 15.9 Å². The van der Waals surface area contributed by atoms with Gasteiger partial charge >= 0.3 is 0 Å². The molecule has 2 saturated heterocycles. The first-order chi connectivity index (χ1) is 11.5. The van der Waals surface area contributed by atoms with Crippen molar-refractivity contribution in [1.29, 1.82) is 0 Å². The van der Waals surface area contributed by atoms with E-state index in [4.69, 9.17) is 9.47 Å². The molecule has 8 heteroatoms. The summed E-state index contributed by atoms with van der Waals surface area (Å²) in [6, 6.07) is 4.11. The number of carbonyl (C=O) groups is 1. The van der Waals surface area contributed by atoms with E-state index in [1.165, 1.54) is 10.4 Å². The van der Waals surface area contributed by atoms with E-state index in [0.29, 0.717) is 25.5 Å². The number of benzene rings is 1. The molecule has 3 aliphatic rings. The molecule has 0 radical (unpaired) electrons. The summed E-state index contributed by atoms with van der Waals surface area (Å²) in [7, 11) is -3.84. The molecular weight excluding hydrogens is 332 g/mol. The second kappa shape index (κ2) is 5.63. The molecule has 0 bridgehead atoms. The van der Waals surface area contributed by atoms with Gasteiger partial charge in [0.05, 0.1) is 0 Å². The lowest BCUT2D eigenvalue weighted by atomic mass is 10.1. The van der Waals surface area contributed by atoms with Crippen LogP contribution in [0.4, 0.5) is 0 Å². The molecule has 0 spiro atoms. The third-order valence-electron chi connectivity index (χ3n) is 4.96. The predicted octanol–water partition coefficient (Wildman–Crippen LogP) is 0.842. The van der Waals surface area contributed by atoms with Crippen LogP contribution < -0.4 is 9.47 Å². The van der Waals surface area contributed by atoms with Crippen LogP contribution in [0, 0.1) is 0 Å². The van der Waals surface area contributed by atoms with Gasteiger partial charge in [-0.15, -0.1) is 0 Å². The van der Waals surface area contributed by atoms with Crippen LogP contribution in [0.2, 0.25) is 0 Å². The third kappa shape index (κ3) is 2.28. The zero-order valence-electron chi connectivity index (χ0n) is 13.5. The van der Waals surface area contributed by atoms with E-state index in [0.717, 1.165) is 19.4 Å². The fraction of sp³-hybridized carbons (Fsp3) is 0.562. The van der Waals surface area contributed by atoms with Gasteiger partial charge in [0.15, 0.2) is 11.5 Å². The summed E-state index contributed by atoms with van der Waals surface area (Å²) >= 11 is 0. The largest absolute Gasteiger partial charge is 0.486 e. The van der Waals surface area contributed by atoms with Crippen LogP contribution in [-0.2, 0) is 14.8 Å². The monoisotopic (exact) mass is 352 g/mol. The summed E-state index contributed by atoms with van der Waals surface area (Å²) in [5.74, 6) is 0.562. The minimum atomic E-state index is -3.84. The Hall–Kier alpha value is -1.80. The zero-order chi connectivity index (χ0) is 16.9. The maximum atomic E-state index is 13.2. The van der Waals surface area contributed by atoms with Gasteiger partial charge < -0.3 is 14.4 Å². The van der Waals surface area contributed by atoms with E-state index >= 15 is 0 Å². The summed E-state index contributed by atoms with van der Waals surface area (Å²) in [6.45, 7) is 3.41. The second-order valence-corrected chi connectivity index (χ2v) is 8.22. The van der Waals surface area contributed by atoms with Crippen molar-refractivity contribution in [3.63, 3.8) is 0 Å². The van der Waals surface area contributed by atoms with Gasteiger partial charge in [-0.25, -0.2) is 8.42 Å². The molecule has 2 fully saturated rings. The van der Waals surface area contributed by atoms with E-state index in [2.05, 4.69) is 0 Å². The Bertz CT molecular complexity index is 779. The number of nitrogens with zero attached hydrogens (tertiary/aromatic N) is 2. The smallest absolute Gasteiger partial charge is 0.247 e. The minimum Gasteiger partial charge on any atom is -0.486 e. The maximum Gasteiger partial charge on any atom is 0.247 e. The number of piperazine rings is 1. The highest BCUT2D eigenvalue weighted by atomic mass is 32.2. The summed E-state index contributed by atoms with van der Waals surface area (Å²) in [6.07, 6.45) is 1.77. The van der Waals surface area contributed by atoms with E-state index < -0.39 is 16.1 Å². The van der Waals surface area contributed by atoms with Crippen molar-refractivity contribution in [2.45, 2.75) is 36.7 Å². The van der Waals surface area contributed by atoms with Gasteiger partial charge in [-0.3, -0.25) is 4.79 Å². The summed E-state index contributed by atoms with van der Waals surface area (Å²) in [5, 5.41) is 0. The molecule has 3 aliphatic heterocycles. The van der Waals surface area contributed by atoms with Crippen molar-refractivity contribution in [1.82, 2.24) is 9.21 Å². The molecule has 24 heavy (non-hydrogen) atoms. The lowest BCUT2D eigenvalue weighted by Crippen LogP contribution is -2.59. The predicted molar refractivity (Wildman–Crippen MR) is 85.5 cm³/mol. The fourth-order valence-corrected chi connectivity index (χ4v) is 5.50. The Labute approximate surface area is 141 Å². The van der Waals surface area contributed by atoms with Crippen molar-refractivity contribution in [3.05, 3.63) is 18.2 Å². The molecule has 0 saturated carbocycles. The highest BCUT2D eigenvalue weighted by molar-refractivity contribution is 7.89. The number of para-hydroxylation sites is 1. The molecule has 4 rings (SSSR count). The van der Waals surface area contributed by atoms with Crippen LogP contribution in [0.1, 0.15) is 19.8 Å². The van der Waals surface area contributed by atoms with Crippen LogP contribution in [0.3, 0.4) is 0 Å². The van der Waals surface area contributed by atoms with Crippen LogP contribution in [0.25, 0.3) is 0 Å². The van der Waals surface area contributed by atoms with Crippen LogP contribution in [0.5, 0.6) is 11.5 Å². The Morgan fingerprint density at radius 2 is 2.00 bits per heavy atom. The quantitative estimate of drug-likeness (QED) is 0.788. The molecule has 1 amide bonds. The van der Waals surface area contributed by atoms with Crippen molar-refractivity contribution in [3.8, 4) is 11.5 Å². The lowest BCUT2D eigenvalue weighted by molar-refractivity contribution is -0.139. The normalized spacial score (nSPS) is 27.2. The fourth-order valence-electron chi connectivity index (χ4n) is 3.73. The Kier molecular flexibility index (Phi) is 3.69. The number of rotatable bonds is 2. The van der Waals surface area contributed by atoms with Gasteiger partial charge in [-0.05, 0) is 31.9 Å². The molecule has 0 aliphatic carbocycles. The molecule has 2 atom stereocenters. The molecule has 3 heterocycles. The topological polar surface area (TPSA) is 76.2 Å². The van der Waals surface area contributed by atoms with Crippen molar-refractivity contribution in [2.24, 2.45) is 0 Å². The first-order valence-electron chi connectivity index (χ1n) is 8.21. The first kappa shape index (κ1) is 15.7. The van der Waals surface area contributed by atoms with Gasteiger partial charge in [-0.2, -0.15) is 4.31 Å². The Morgan fingerprint density at radius 3 is 2.83 bits per heavy atom. The number of sulfonamides is 1. The molecule has 0 unspecified atom stereocenters. The molecule has 0 N–H and O–H groups in total. The number of fused-ring (bicyclic) bond motifs is 2. The standard InChI is InChI=1S/C16H20N2O5S/c1-11-16(19)17-7-3-4-12(17)10-18(11)24(20,21)14-6-2-5-13-15(14)23-9-8-22-13/h2,5-6,11-12H,3-4,7-10H2,1H3/t11-,12+/m1/s1. The molecule has 7 nitrogen and oxygen atoms in total. The molecule has 0 aromatic heterocycles. The zero-order valence-corrected chi connectivity index (χ0v) is 14.3. The average Bonchev–Trinajstić information content (AvgIpc) is 3.06. The van der Waals surface area contributed by atoms with Crippen LogP contribution in [0.15, 0.2) is 23.1 Å². The van der Waals surface area contributed by atoms with Gasteiger partial charge in [-0.1, -0.05) is 6.07 Å². The number of carbonyl (C=O) groups excluding carboxylic acids is 1. The van der Waals surface area contributed by atoms with E-state index in [1.54, 1.807) is 19.1 Å². The van der Waals surface area contributed by atoms with E-state index in [-0.39, 0.29) is 22.6 Å². The van der Waals surface area contributed by atoms with Crippen molar-refractivity contribution < 1.29 is 22.7 Å². The van der Waals surface area contributed by atoms with Gasteiger partial charge in [0.2, 0.25) is 15.9 Å². The highest BCUT2D eigenvalue weighted by Crippen LogP contribution is 2.39. The number of amides is 1. The van der Waals surface area contributed by atoms with E-state index in [1.807, 2.05) is 4.90 Å². The van der Waals surface area contributed by atoms with Gasteiger partial charge in [0.1, 0.15) is 24.2 Å². The van der Waals surface area contributed by atoms with Crippen molar-refractivity contribution in [2.75, 3.05) is 26.3 Å². The lowest BCUT2D eigenvalue weighted by Gasteiger charge is -2.40. The minimum absolute atomic E-state index is 0.0276. The molecule has 1 aromatic carbocycles. The third-order valence-corrected chi connectivity index (χ3v) is 6.92. The SMILES string of the molecule is C[C@@H]1C(=O)N2CCC[C@H]2CN1S(=O)(=O)c1cccc2c1OCCO2. The average molecular weight is 352 g/mol. The molecule has 1 aromatic rings. The number of hydrogen-bond donors (Lipinski definition) is 0. The van der Waals surface area contributed by atoms with Crippen LogP contribution in [-0.4, -0.2) is 61.9 Å². The number of ether oxygens (including phenoxy) is 2. The van der Waals surface area contributed by atoms with Gasteiger partial charge in [0.25, 0.3) is 0 Å². The summed E-state index contributed by atoms with van der Waals surface area (Å²) in [4.78, 5) is 14.4. The first-order valence-corrected chi connectivity index (χ1v) is 9.65. The summed E-state index contributed by atoms with van der Waals surface area (Å²) in [5.41, 5.74) is 0. The van der Waals surface area contributed by atoms with Crippen LogP contribution >= 0.6 is 0 Å². The Balaban J connectivity index is 1.74.